The molecule has 0 saturated carbocycles. The minimum Gasteiger partial charge on any atom is -0.404 e. The lowest BCUT2D eigenvalue weighted by Crippen LogP contribution is -2.35. The maximum atomic E-state index is 12.8. The van der Waals surface area contributed by atoms with Gasteiger partial charge in [-0.3, -0.25) is 19.7 Å². The Labute approximate surface area is 230 Å². The average Bonchev–Trinajstić information content (AvgIpc) is 2.96. The van der Waals surface area contributed by atoms with Crippen LogP contribution in [0.2, 0.25) is 0 Å². The summed E-state index contributed by atoms with van der Waals surface area (Å²) in [5, 5.41) is 2.86. The van der Waals surface area contributed by atoms with Gasteiger partial charge in [0.2, 0.25) is 5.91 Å². The first kappa shape index (κ1) is 28.7. The van der Waals surface area contributed by atoms with Crippen molar-refractivity contribution in [2.75, 3.05) is 31.6 Å². The second-order valence-corrected chi connectivity index (χ2v) is 9.16. The minimum absolute atomic E-state index is 0.180. The normalized spacial score (nSPS) is 15.1. The molecule has 1 amide bonds. The van der Waals surface area contributed by atoms with Crippen molar-refractivity contribution in [3.8, 4) is 0 Å². The van der Waals surface area contributed by atoms with Gasteiger partial charge in [0.1, 0.15) is 0 Å². The Balaban J connectivity index is 1.35. The van der Waals surface area contributed by atoms with Gasteiger partial charge in [-0.1, -0.05) is 24.3 Å². The third-order valence-electron chi connectivity index (χ3n) is 6.27. The Bertz CT molecular complexity index is 1360. The van der Waals surface area contributed by atoms with E-state index < -0.39 is 11.7 Å². The van der Waals surface area contributed by atoms with Gasteiger partial charge in [0.05, 0.1) is 25.3 Å². The summed E-state index contributed by atoms with van der Waals surface area (Å²) in [7, 11) is 0. The molecule has 0 bridgehead atoms. The van der Waals surface area contributed by atoms with Crippen molar-refractivity contribution in [2.24, 2.45) is 10.7 Å². The summed E-state index contributed by atoms with van der Waals surface area (Å²) in [5.41, 5.74) is 9.53. The van der Waals surface area contributed by atoms with Crippen LogP contribution in [0.1, 0.15) is 27.8 Å². The van der Waals surface area contributed by atoms with Crippen LogP contribution in [-0.2, 0) is 28.8 Å². The molecule has 3 N–H and O–H groups in total. The van der Waals surface area contributed by atoms with Gasteiger partial charge in [0.15, 0.2) is 0 Å². The number of benzene rings is 2. The van der Waals surface area contributed by atoms with Gasteiger partial charge < -0.3 is 15.8 Å². The maximum Gasteiger partial charge on any atom is 0.416 e. The topological polar surface area (TPSA) is 92.8 Å². The molecule has 7 nitrogen and oxygen atoms in total. The summed E-state index contributed by atoms with van der Waals surface area (Å²) < 4.78 is 43.7. The Morgan fingerprint density at radius 3 is 2.42 bits per heavy atom. The Kier molecular flexibility index (Phi) is 9.82. The van der Waals surface area contributed by atoms with Crippen molar-refractivity contribution in [3.05, 3.63) is 107 Å². The van der Waals surface area contributed by atoms with E-state index in [1.54, 1.807) is 30.8 Å². The smallest absolute Gasteiger partial charge is 0.404 e. The number of carbonyl (C=O) groups excluding carboxylic acids is 1. The Morgan fingerprint density at radius 2 is 1.75 bits per heavy atom. The number of halogens is 3. The van der Waals surface area contributed by atoms with E-state index in [1.165, 1.54) is 24.4 Å². The molecule has 0 radical (unpaired) electrons. The van der Waals surface area contributed by atoms with Gasteiger partial charge >= 0.3 is 6.18 Å². The van der Waals surface area contributed by atoms with Crippen LogP contribution in [-0.4, -0.2) is 48.3 Å². The van der Waals surface area contributed by atoms with Gasteiger partial charge in [-0.05, 0) is 53.1 Å². The first-order valence-electron chi connectivity index (χ1n) is 12.7. The molecule has 1 aliphatic rings. The molecular weight excluding hydrogens is 519 g/mol. The fourth-order valence-electron chi connectivity index (χ4n) is 4.11. The summed E-state index contributed by atoms with van der Waals surface area (Å²) in [4.78, 5) is 23.4. The SMILES string of the molecule is NC=C(C=NCc1ccc(C(F)(F)F)cc1)c1ccncc1/C=C/C(=O)Nc1ccc(CN2CCOCC2)cc1. The zero-order valence-corrected chi connectivity index (χ0v) is 21.8. The monoisotopic (exact) mass is 549 g/mol. The summed E-state index contributed by atoms with van der Waals surface area (Å²) in [6.45, 7) is 4.33. The van der Waals surface area contributed by atoms with Crippen molar-refractivity contribution < 1.29 is 22.7 Å². The molecule has 1 aromatic heterocycles. The van der Waals surface area contributed by atoms with Crippen molar-refractivity contribution in [2.45, 2.75) is 19.3 Å². The van der Waals surface area contributed by atoms with Crippen molar-refractivity contribution in [1.82, 2.24) is 9.88 Å². The van der Waals surface area contributed by atoms with Gasteiger partial charge in [-0.25, -0.2) is 0 Å². The van der Waals surface area contributed by atoms with Gasteiger partial charge in [0, 0.05) is 67.3 Å². The zero-order valence-electron chi connectivity index (χ0n) is 21.8. The first-order chi connectivity index (χ1) is 19.3. The third-order valence-corrected chi connectivity index (χ3v) is 6.27. The molecule has 1 saturated heterocycles. The summed E-state index contributed by atoms with van der Waals surface area (Å²) in [6.07, 6.45) is 4.79. The largest absolute Gasteiger partial charge is 0.416 e. The van der Waals surface area contributed by atoms with Gasteiger partial charge in [-0.2, -0.15) is 13.2 Å². The summed E-state index contributed by atoms with van der Waals surface area (Å²) >= 11 is 0. The lowest BCUT2D eigenvalue weighted by Gasteiger charge is -2.26. The van der Waals surface area contributed by atoms with Crippen LogP contribution in [0, 0.1) is 0 Å². The molecule has 0 spiro atoms. The number of nitrogens with one attached hydrogen (secondary N) is 1. The number of alkyl halides is 3. The Morgan fingerprint density at radius 1 is 1.05 bits per heavy atom. The number of rotatable bonds is 9. The highest BCUT2D eigenvalue weighted by Gasteiger charge is 2.29. The van der Waals surface area contributed by atoms with E-state index in [9.17, 15) is 18.0 Å². The number of nitrogens with zero attached hydrogens (tertiary/aromatic N) is 3. The van der Waals surface area contributed by atoms with E-state index in [1.807, 2.05) is 24.3 Å². The second-order valence-electron chi connectivity index (χ2n) is 9.16. The quantitative estimate of drug-likeness (QED) is 0.284. The number of aromatic nitrogens is 1. The van der Waals surface area contributed by atoms with Gasteiger partial charge in [0.25, 0.3) is 0 Å². The molecule has 2 heterocycles. The van der Waals surface area contributed by atoms with Crippen LogP contribution in [0.4, 0.5) is 18.9 Å². The molecule has 2 aromatic carbocycles. The highest BCUT2D eigenvalue weighted by atomic mass is 19.4. The number of allylic oxidation sites excluding steroid dienone is 1. The van der Waals surface area contributed by atoms with E-state index in [2.05, 4.69) is 20.2 Å². The van der Waals surface area contributed by atoms with Crippen molar-refractivity contribution >= 4 is 29.5 Å². The second kappa shape index (κ2) is 13.7. The first-order valence-corrected chi connectivity index (χ1v) is 12.7. The molecule has 208 valence electrons. The van der Waals surface area contributed by atoms with Crippen LogP contribution in [0.15, 0.2) is 84.3 Å². The van der Waals surface area contributed by atoms with E-state index in [0.717, 1.165) is 50.5 Å². The number of hydrogen-bond donors (Lipinski definition) is 2. The number of amides is 1. The van der Waals surface area contributed by atoms with Crippen molar-refractivity contribution in [3.63, 3.8) is 0 Å². The number of anilines is 1. The van der Waals surface area contributed by atoms with Crippen LogP contribution in [0.25, 0.3) is 11.6 Å². The number of pyridine rings is 1. The average molecular weight is 550 g/mol. The molecule has 10 heteroatoms. The molecule has 40 heavy (non-hydrogen) atoms. The van der Waals surface area contributed by atoms with E-state index in [-0.39, 0.29) is 12.5 Å². The third kappa shape index (κ3) is 8.36. The van der Waals surface area contributed by atoms with Crippen LogP contribution in [0.5, 0.6) is 0 Å². The molecule has 0 unspecified atom stereocenters. The van der Waals surface area contributed by atoms with E-state index >= 15 is 0 Å². The highest BCUT2D eigenvalue weighted by molar-refractivity contribution is 6.11. The van der Waals surface area contributed by atoms with Gasteiger partial charge in [-0.15, -0.1) is 0 Å². The van der Waals surface area contributed by atoms with E-state index in [4.69, 9.17) is 10.5 Å². The minimum atomic E-state index is -4.38. The summed E-state index contributed by atoms with van der Waals surface area (Å²) in [6, 6.07) is 14.3. The maximum absolute atomic E-state index is 12.8. The zero-order chi connectivity index (χ0) is 28.4. The summed E-state index contributed by atoms with van der Waals surface area (Å²) in [5.74, 6) is -0.301. The highest BCUT2D eigenvalue weighted by Crippen LogP contribution is 2.29. The standard InChI is InChI=1S/C30H30F3N5O2/c31-30(32,33)26-6-1-22(2-7-26)18-36-20-25(17-34)28-11-12-35-19-24(28)5-10-29(39)37-27-8-3-23(4-9-27)21-38-13-15-40-16-14-38/h1-12,17,19-20H,13-16,18,21,34H2,(H,37,39)/b10-5+,25-17?,36-20?. The molecular formula is C30H30F3N5O2. The number of carbonyl (C=O) groups is 1. The number of morpholine rings is 1. The van der Waals surface area contributed by atoms with Crippen molar-refractivity contribution in [1.29, 1.82) is 0 Å². The molecule has 1 aliphatic heterocycles. The molecule has 3 aromatic rings. The molecule has 4 rings (SSSR count). The fraction of sp³-hybridized carbons (Fsp3) is 0.233. The lowest BCUT2D eigenvalue weighted by atomic mass is 10.0. The van der Waals surface area contributed by atoms with Crippen LogP contribution >= 0.6 is 0 Å². The molecule has 0 aliphatic carbocycles. The number of nitrogens with two attached hydrogens (primary N) is 1. The predicted octanol–water partition coefficient (Wildman–Crippen LogP) is 5.16. The molecule has 0 atom stereocenters. The number of ether oxygens (including phenoxy) is 1. The fourth-order valence-corrected chi connectivity index (χ4v) is 4.11. The van der Waals surface area contributed by atoms with Crippen LogP contribution < -0.4 is 11.1 Å². The van der Waals surface area contributed by atoms with Crippen LogP contribution in [0.3, 0.4) is 0 Å². The predicted molar refractivity (Wildman–Crippen MR) is 150 cm³/mol. The lowest BCUT2D eigenvalue weighted by molar-refractivity contribution is -0.137. The number of hydrogen-bond acceptors (Lipinski definition) is 6. The Hall–Kier alpha value is -4.28. The number of aliphatic imine (C=N–C) groups is 1. The molecule has 1 fully saturated rings. The van der Waals surface area contributed by atoms with E-state index in [0.29, 0.717) is 28.0 Å².